The zero-order valence-corrected chi connectivity index (χ0v) is 7.60. The predicted octanol–water partition coefficient (Wildman–Crippen LogP) is -1.08. The van der Waals surface area contributed by atoms with E-state index in [4.69, 9.17) is 9.84 Å². The van der Waals surface area contributed by atoms with Gasteiger partial charge in [-0.3, -0.25) is 0 Å². The van der Waals surface area contributed by atoms with Crippen molar-refractivity contribution in [3.05, 3.63) is 0 Å². The van der Waals surface area contributed by atoms with Crippen LogP contribution >= 0.6 is 0 Å². The molecule has 0 amide bonds. The Balaban J connectivity index is 2.97. The molecule has 68 valence electrons. The molecule has 0 aromatic rings. The Morgan fingerprint density at radius 2 is 2.09 bits per heavy atom. The van der Waals surface area contributed by atoms with Gasteiger partial charge in [0.1, 0.15) is 6.54 Å². The molecule has 0 bridgehead atoms. The number of nitrogens with one attached hydrogen (secondary N) is 1. The lowest BCUT2D eigenvalue weighted by Gasteiger charge is -2.11. The highest BCUT2D eigenvalue weighted by molar-refractivity contribution is 4.31. The van der Waals surface area contributed by atoms with Crippen LogP contribution in [0.5, 0.6) is 0 Å². The van der Waals surface area contributed by atoms with Crippen LogP contribution in [0, 0.1) is 0 Å². The van der Waals surface area contributed by atoms with Gasteiger partial charge >= 0.3 is 0 Å². The molecule has 0 aliphatic heterocycles. The second-order valence-electron chi connectivity index (χ2n) is 2.73. The topological polar surface area (TPSA) is 33.9 Å². The summed E-state index contributed by atoms with van der Waals surface area (Å²) in [7, 11) is 2.09. The van der Waals surface area contributed by atoms with Crippen molar-refractivity contribution in [1.29, 1.82) is 0 Å². The van der Waals surface area contributed by atoms with Gasteiger partial charge in [0.05, 0.1) is 26.8 Å². The van der Waals surface area contributed by atoms with Crippen LogP contribution in [0.15, 0.2) is 0 Å². The molecule has 0 rings (SSSR count). The monoisotopic (exact) mass is 162 g/mol. The molecule has 0 saturated heterocycles. The lowest BCUT2D eigenvalue weighted by Crippen LogP contribution is -3.09. The van der Waals surface area contributed by atoms with Crippen molar-refractivity contribution >= 4 is 0 Å². The van der Waals surface area contributed by atoms with E-state index in [9.17, 15) is 0 Å². The largest absolute Gasteiger partial charge is 0.391 e. The number of rotatable bonds is 7. The van der Waals surface area contributed by atoms with Crippen molar-refractivity contribution in [1.82, 2.24) is 0 Å². The van der Waals surface area contributed by atoms with Crippen LogP contribution in [-0.2, 0) is 4.74 Å². The third-order valence-corrected chi connectivity index (χ3v) is 1.63. The molecule has 0 aromatic heterocycles. The second kappa shape index (κ2) is 7.98. The van der Waals surface area contributed by atoms with E-state index < -0.39 is 0 Å². The number of quaternary nitrogens is 1. The van der Waals surface area contributed by atoms with Gasteiger partial charge in [-0.05, 0) is 6.92 Å². The lowest BCUT2D eigenvalue weighted by atomic mass is 10.4. The summed E-state index contributed by atoms with van der Waals surface area (Å²) in [5, 5.41) is 8.59. The third kappa shape index (κ3) is 7.78. The zero-order valence-electron chi connectivity index (χ0n) is 7.60. The van der Waals surface area contributed by atoms with Crippen molar-refractivity contribution < 1.29 is 14.7 Å². The lowest BCUT2D eigenvalue weighted by molar-refractivity contribution is -0.880. The minimum Gasteiger partial charge on any atom is -0.391 e. The molecule has 1 unspecified atom stereocenters. The summed E-state index contributed by atoms with van der Waals surface area (Å²) in [4.78, 5) is 1.37. The van der Waals surface area contributed by atoms with Gasteiger partial charge in [-0.15, -0.1) is 0 Å². The number of aliphatic hydroxyl groups is 1. The fraction of sp³-hybridized carbons (Fsp3) is 1.00. The SMILES string of the molecule is CCOCCC[NH+](C)CCO. The summed E-state index contributed by atoms with van der Waals surface area (Å²) in [6.45, 7) is 5.86. The zero-order chi connectivity index (χ0) is 8.53. The van der Waals surface area contributed by atoms with Crippen molar-refractivity contribution in [3.63, 3.8) is 0 Å². The molecule has 0 fully saturated rings. The van der Waals surface area contributed by atoms with Gasteiger partial charge in [0.15, 0.2) is 0 Å². The van der Waals surface area contributed by atoms with E-state index in [0.717, 1.165) is 32.7 Å². The average Bonchev–Trinajstić information content (AvgIpc) is 1.99. The summed E-state index contributed by atoms with van der Waals surface area (Å²) < 4.78 is 5.19. The van der Waals surface area contributed by atoms with Gasteiger partial charge in [-0.1, -0.05) is 0 Å². The molecule has 0 saturated carbocycles. The molecule has 2 N–H and O–H groups in total. The number of hydrogen-bond acceptors (Lipinski definition) is 2. The van der Waals surface area contributed by atoms with Gasteiger partial charge < -0.3 is 14.7 Å². The molecular weight excluding hydrogens is 142 g/mol. The highest BCUT2D eigenvalue weighted by Gasteiger charge is 1.98. The molecule has 0 heterocycles. The number of ether oxygens (including phenoxy) is 1. The predicted molar refractivity (Wildman–Crippen MR) is 44.8 cm³/mol. The van der Waals surface area contributed by atoms with Crippen molar-refractivity contribution in [2.45, 2.75) is 13.3 Å². The van der Waals surface area contributed by atoms with E-state index in [1.54, 1.807) is 0 Å². The maximum absolute atomic E-state index is 8.59. The summed E-state index contributed by atoms with van der Waals surface area (Å²) >= 11 is 0. The van der Waals surface area contributed by atoms with Gasteiger partial charge in [0.2, 0.25) is 0 Å². The van der Waals surface area contributed by atoms with Gasteiger partial charge in [0, 0.05) is 13.0 Å². The normalized spacial score (nSPS) is 13.4. The van der Waals surface area contributed by atoms with Gasteiger partial charge in [0.25, 0.3) is 0 Å². The fourth-order valence-electron chi connectivity index (χ4n) is 0.936. The second-order valence-corrected chi connectivity index (χ2v) is 2.73. The van der Waals surface area contributed by atoms with Crippen LogP contribution in [-0.4, -0.2) is 45.1 Å². The standard InChI is InChI=1S/C8H19NO2/c1-3-11-8-4-5-9(2)6-7-10/h10H,3-8H2,1-2H3/p+1. The van der Waals surface area contributed by atoms with E-state index in [1.165, 1.54) is 4.90 Å². The Labute approximate surface area is 69.0 Å². The van der Waals surface area contributed by atoms with Gasteiger partial charge in [-0.2, -0.15) is 0 Å². The van der Waals surface area contributed by atoms with E-state index in [-0.39, 0.29) is 6.61 Å². The Hall–Kier alpha value is -0.120. The smallest absolute Gasteiger partial charge is 0.100 e. The Bertz CT molecular complexity index is 78.5. The molecular formula is C8H20NO2+. The highest BCUT2D eigenvalue weighted by atomic mass is 16.5. The Morgan fingerprint density at radius 1 is 1.36 bits per heavy atom. The van der Waals surface area contributed by atoms with Crippen molar-refractivity contribution in [2.24, 2.45) is 0 Å². The molecule has 0 aromatic carbocycles. The molecule has 1 atom stereocenters. The third-order valence-electron chi connectivity index (χ3n) is 1.63. The van der Waals surface area contributed by atoms with Gasteiger partial charge in [-0.25, -0.2) is 0 Å². The highest BCUT2D eigenvalue weighted by Crippen LogP contribution is 1.76. The van der Waals surface area contributed by atoms with Crippen LogP contribution in [0.4, 0.5) is 0 Å². The van der Waals surface area contributed by atoms with Crippen LogP contribution in [0.25, 0.3) is 0 Å². The van der Waals surface area contributed by atoms with E-state index in [1.807, 2.05) is 6.92 Å². The molecule has 0 spiro atoms. The molecule has 0 aliphatic carbocycles. The first kappa shape index (κ1) is 10.9. The van der Waals surface area contributed by atoms with Crippen LogP contribution in [0.2, 0.25) is 0 Å². The van der Waals surface area contributed by atoms with Crippen LogP contribution < -0.4 is 4.90 Å². The molecule has 3 nitrogen and oxygen atoms in total. The maximum Gasteiger partial charge on any atom is 0.100 e. The fourth-order valence-corrected chi connectivity index (χ4v) is 0.936. The van der Waals surface area contributed by atoms with Crippen LogP contribution in [0.1, 0.15) is 13.3 Å². The molecule has 0 aliphatic rings. The minimum atomic E-state index is 0.278. The first-order chi connectivity index (χ1) is 5.31. The number of aliphatic hydroxyl groups excluding tert-OH is 1. The summed E-state index contributed by atoms with van der Waals surface area (Å²) in [5.41, 5.74) is 0. The summed E-state index contributed by atoms with van der Waals surface area (Å²) in [5.74, 6) is 0. The number of hydrogen-bond donors (Lipinski definition) is 2. The quantitative estimate of drug-likeness (QED) is 0.467. The molecule has 0 radical (unpaired) electrons. The van der Waals surface area contributed by atoms with E-state index in [0.29, 0.717) is 0 Å². The van der Waals surface area contributed by atoms with E-state index in [2.05, 4.69) is 7.05 Å². The first-order valence-electron chi connectivity index (χ1n) is 4.31. The summed E-state index contributed by atoms with van der Waals surface area (Å²) in [6.07, 6.45) is 1.08. The molecule has 3 heteroatoms. The van der Waals surface area contributed by atoms with Crippen molar-refractivity contribution in [2.75, 3.05) is 40.0 Å². The van der Waals surface area contributed by atoms with Crippen molar-refractivity contribution in [3.8, 4) is 0 Å². The van der Waals surface area contributed by atoms with E-state index >= 15 is 0 Å². The van der Waals surface area contributed by atoms with Crippen LogP contribution in [0.3, 0.4) is 0 Å². The maximum atomic E-state index is 8.59. The molecule has 11 heavy (non-hydrogen) atoms. The Kier molecular flexibility index (Phi) is 7.89. The minimum absolute atomic E-state index is 0.278. The first-order valence-corrected chi connectivity index (χ1v) is 4.31. The average molecular weight is 162 g/mol. The summed E-state index contributed by atoms with van der Waals surface area (Å²) in [6, 6.07) is 0. The Morgan fingerprint density at radius 3 is 2.64 bits per heavy atom. The number of likely N-dealkylation sites (N-methyl/N-ethyl adjacent to an activating group) is 1.